The fourth-order valence-electron chi connectivity index (χ4n) is 2.82. The number of hydrogen-bond donors (Lipinski definition) is 2. The molecule has 0 bridgehead atoms. The van der Waals surface area contributed by atoms with Crippen molar-refractivity contribution in [2.24, 2.45) is 11.1 Å². The number of primary amides is 1. The molecule has 3 amide bonds. The molecule has 1 aromatic rings. The molecule has 0 saturated carbocycles. The number of carbonyl (C=O) groups is 2. The summed E-state index contributed by atoms with van der Waals surface area (Å²) in [5, 5.41) is 2.59. The van der Waals surface area contributed by atoms with Crippen molar-refractivity contribution in [2.45, 2.75) is 33.4 Å². The smallest absolute Gasteiger partial charge is 0.312 e. The maximum Gasteiger partial charge on any atom is 0.312 e. The van der Waals surface area contributed by atoms with Gasteiger partial charge in [-0.05, 0) is 17.5 Å². The van der Waals surface area contributed by atoms with Gasteiger partial charge in [0.1, 0.15) is 6.04 Å². The van der Waals surface area contributed by atoms with Crippen LogP contribution in [-0.4, -0.2) is 58.9 Å². The van der Waals surface area contributed by atoms with Crippen LogP contribution in [0.15, 0.2) is 24.4 Å². The minimum atomic E-state index is -0.669. The Morgan fingerprint density at radius 1 is 1.25 bits per heavy atom. The zero-order valence-corrected chi connectivity index (χ0v) is 14.7. The number of carbonyl (C=O) groups excluding carboxylic acids is 2. The first-order valence-electron chi connectivity index (χ1n) is 8.24. The predicted molar refractivity (Wildman–Crippen MR) is 92.1 cm³/mol. The third kappa shape index (κ3) is 4.92. The molecule has 7 nitrogen and oxygen atoms in total. The van der Waals surface area contributed by atoms with Crippen molar-refractivity contribution >= 4 is 11.9 Å². The molecule has 0 aromatic carbocycles. The first-order valence-corrected chi connectivity index (χ1v) is 8.24. The number of amides is 3. The van der Waals surface area contributed by atoms with Gasteiger partial charge >= 0.3 is 6.03 Å². The molecule has 132 valence electrons. The molecule has 1 aliphatic heterocycles. The monoisotopic (exact) mass is 333 g/mol. The van der Waals surface area contributed by atoms with Gasteiger partial charge in [-0.1, -0.05) is 26.8 Å². The Morgan fingerprint density at radius 3 is 2.42 bits per heavy atom. The topological polar surface area (TPSA) is 91.6 Å². The van der Waals surface area contributed by atoms with Crippen molar-refractivity contribution in [3.05, 3.63) is 30.1 Å². The molecule has 1 aromatic heterocycles. The quantitative estimate of drug-likeness (QED) is 0.853. The van der Waals surface area contributed by atoms with E-state index in [2.05, 4.69) is 15.2 Å². The number of aromatic nitrogens is 1. The number of urea groups is 1. The Bertz CT molecular complexity index is 562. The highest BCUT2D eigenvalue weighted by atomic mass is 16.2. The minimum absolute atomic E-state index is 0.0706. The second-order valence-electron chi connectivity index (χ2n) is 7.23. The molecule has 2 rings (SSSR count). The Hall–Kier alpha value is -2.15. The van der Waals surface area contributed by atoms with Gasteiger partial charge in [0.25, 0.3) is 0 Å². The maximum absolute atomic E-state index is 12.8. The average Bonchev–Trinajstić information content (AvgIpc) is 2.52. The molecule has 7 heteroatoms. The molecular weight excluding hydrogens is 306 g/mol. The first kappa shape index (κ1) is 18.2. The van der Waals surface area contributed by atoms with Crippen molar-refractivity contribution < 1.29 is 9.59 Å². The number of piperazine rings is 1. The summed E-state index contributed by atoms with van der Waals surface area (Å²) in [6.07, 6.45) is 1.79. The van der Waals surface area contributed by atoms with Gasteiger partial charge in [0.05, 0.1) is 5.69 Å². The number of nitrogens with two attached hydrogens (primary N) is 1. The van der Waals surface area contributed by atoms with Gasteiger partial charge in [-0.15, -0.1) is 0 Å². The predicted octanol–water partition coefficient (Wildman–Crippen LogP) is 0.809. The highest BCUT2D eigenvalue weighted by Crippen LogP contribution is 2.22. The molecule has 24 heavy (non-hydrogen) atoms. The number of pyridine rings is 1. The lowest BCUT2D eigenvalue weighted by atomic mass is 9.85. The summed E-state index contributed by atoms with van der Waals surface area (Å²) in [5.74, 6) is -0.0706. The lowest BCUT2D eigenvalue weighted by Crippen LogP contribution is -2.59. The number of rotatable bonds is 4. The van der Waals surface area contributed by atoms with Crippen molar-refractivity contribution in [1.82, 2.24) is 20.1 Å². The molecule has 0 spiro atoms. The van der Waals surface area contributed by atoms with E-state index in [4.69, 9.17) is 5.73 Å². The molecule has 2 heterocycles. The van der Waals surface area contributed by atoms with Crippen LogP contribution in [0.25, 0.3) is 0 Å². The van der Waals surface area contributed by atoms with Crippen molar-refractivity contribution in [3.8, 4) is 0 Å². The van der Waals surface area contributed by atoms with Crippen LogP contribution >= 0.6 is 0 Å². The summed E-state index contributed by atoms with van der Waals surface area (Å²) in [6, 6.07) is 4.60. The van der Waals surface area contributed by atoms with E-state index in [9.17, 15) is 9.59 Å². The fourth-order valence-corrected chi connectivity index (χ4v) is 2.82. The molecule has 1 aliphatic rings. The van der Waals surface area contributed by atoms with Crippen LogP contribution in [-0.2, 0) is 11.3 Å². The number of nitrogens with zero attached hydrogens (tertiary/aromatic N) is 3. The molecule has 0 aliphatic carbocycles. The normalized spacial score (nSPS) is 17.4. The molecule has 0 radical (unpaired) electrons. The second-order valence-corrected chi connectivity index (χ2v) is 7.23. The summed E-state index contributed by atoms with van der Waals surface area (Å²) in [7, 11) is 0. The Morgan fingerprint density at radius 2 is 1.92 bits per heavy atom. The zero-order valence-electron chi connectivity index (χ0n) is 14.7. The SMILES string of the molecule is CC(C)(C)[C@H](NC(N)=O)C(=O)N1CCN(Cc2ccccn2)CC1. The van der Waals surface area contributed by atoms with Crippen LogP contribution in [0, 0.1) is 5.41 Å². The van der Waals surface area contributed by atoms with Gasteiger partial charge in [-0.2, -0.15) is 0 Å². The Kier molecular flexibility index (Phi) is 5.77. The van der Waals surface area contributed by atoms with E-state index in [1.165, 1.54) is 0 Å². The number of nitrogens with one attached hydrogen (secondary N) is 1. The van der Waals surface area contributed by atoms with Gasteiger partial charge in [-0.3, -0.25) is 14.7 Å². The largest absolute Gasteiger partial charge is 0.352 e. The van der Waals surface area contributed by atoms with E-state index in [0.29, 0.717) is 13.1 Å². The van der Waals surface area contributed by atoms with Crippen LogP contribution in [0.3, 0.4) is 0 Å². The summed E-state index contributed by atoms with van der Waals surface area (Å²) in [5.41, 5.74) is 5.87. The third-order valence-electron chi connectivity index (χ3n) is 4.20. The van der Waals surface area contributed by atoms with Gasteiger partial charge in [0.2, 0.25) is 5.91 Å². The van der Waals surface area contributed by atoms with Gasteiger partial charge in [0, 0.05) is 38.9 Å². The van der Waals surface area contributed by atoms with Crippen LogP contribution in [0.5, 0.6) is 0 Å². The fraction of sp³-hybridized carbons (Fsp3) is 0.588. The van der Waals surface area contributed by atoms with E-state index < -0.39 is 17.5 Å². The van der Waals surface area contributed by atoms with Crippen molar-refractivity contribution in [2.75, 3.05) is 26.2 Å². The molecule has 1 fully saturated rings. The van der Waals surface area contributed by atoms with Gasteiger partial charge in [0.15, 0.2) is 0 Å². The van der Waals surface area contributed by atoms with E-state index in [1.807, 2.05) is 39.0 Å². The summed E-state index contributed by atoms with van der Waals surface area (Å²) < 4.78 is 0. The van der Waals surface area contributed by atoms with Gasteiger partial charge < -0.3 is 16.0 Å². The Balaban J connectivity index is 1.92. The standard InChI is InChI=1S/C17H27N5O2/c1-17(2,3)14(20-16(18)24)15(23)22-10-8-21(9-11-22)12-13-6-4-5-7-19-13/h4-7,14H,8-12H2,1-3H3,(H3,18,20,24)/t14-/m1/s1. The van der Waals surface area contributed by atoms with E-state index in [1.54, 1.807) is 11.1 Å². The van der Waals surface area contributed by atoms with Crippen molar-refractivity contribution in [3.63, 3.8) is 0 Å². The zero-order chi connectivity index (χ0) is 17.7. The van der Waals surface area contributed by atoms with E-state index >= 15 is 0 Å². The molecular formula is C17H27N5O2. The minimum Gasteiger partial charge on any atom is -0.352 e. The number of hydrogen-bond acceptors (Lipinski definition) is 4. The van der Waals surface area contributed by atoms with Gasteiger partial charge in [-0.25, -0.2) is 4.79 Å². The highest BCUT2D eigenvalue weighted by Gasteiger charge is 2.36. The van der Waals surface area contributed by atoms with Crippen molar-refractivity contribution in [1.29, 1.82) is 0 Å². The molecule has 0 unspecified atom stereocenters. The first-order chi connectivity index (χ1) is 11.3. The maximum atomic E-state index is 12.8. The summed E-state index contributed by atoms with van der Waals surface area (Å²) in [4.78, 5) is 32.4. The van der Waals surface area contributed by atoms with Crippen LogP contribution in [0.4, 0.5) is 4.79 Å². The molecule has 3 N–H and O–H groups in total. The average molecular weight is 333 g/mol. The van der Waals surface area contributed by atoms with Crippen LogP contribution < -0.4 is 11.1 Å². The van der Waals surface area contributed by atoms with E-state index in [0.717, 1.165) is 25.3 Å². The molecule has 1 saturated heterocycles. The van der Waals surface area contributed by atoms with Crippen LogP contribution in [0.2, 0.25) is 0 Å². The lowest BCUT2D eigenvalue weighted by Gasteiger charge is -2.39. The highest BCUT2D eigenvalue weighted by molar-refractivity contribution is 5.87. The molecule has 1 atom stereocenters. The Labute approximate surface area is 143 Å². The lowest BCUT2D eigenvalue weighted by molar-refractivity contribution is -0.137. The summed E-state index contributed by atoms with van der Waals surface area (Å²) >= 11 is 0. The third-order valence-corrected chi connectivity index (χ3v) is 4.20. The summed E-state index contributed by atoms with van der Waals surface area (Å²) in [6.45, 7) is 9.39. The van der Waals surface area contributed by atoms with Crippen LogP contribution in [0.1, 0.15) is 26.5 Å². The second kappa shape index (κ2) is 7.61. The van der Waals surface area contributed by atoms with E-state index in [-0.39, 0.29) is 5.91 Å².